The minimum absolute atomic E-state index is 0.0717. The van der Waals surface area contributed by atoms with Gasteiger partial charge in [-0.2, -0.15) is 4.98 Å². The predicted octanol–water partition coefficient (Wildman–Crippen LogP) is 1.31. The van der Waals surface area contributed by atoms with Crippen LogP contribution in [-0.4, -0.2) is 29.4 Å². The lowest BCUT2D eigenvalue weighted by atomic mass is 10.2. The number of hydrogen-bond acceptors (Lipinski definition) is 5. The number of nitrogens with two attached hydrogens (primary N) is 1. The second-order valence-corrected chi connectivity index (χ2v) is 3.91. The topological polar surface area (TPSA) is 79.4 Å². The van der Waals surface area contributed by atoms with Crippen LogP contribution in [0.3, 0.4) is 0 Å². The summed E-state index contributed by atoms with van der Waals surface area (Å²) in [5.74, 6) is -1.11. The van der Waals surface area contributed by atoms with Crippen LogP contribution in [-0.2, 0) is 9.47 Å². The molecule has 0 radical (unpaired) electrons. The SMILES string of the molecule is CC.COC[C@H]1CC[C@@H](n2cc(F)c(N)nc2=O)O1. The van der Waals surface area contributed by atoms with Crippen LogP contribution in [0.4, 0.5) is 10.2 Å². The van der Waals surface area contributed by atoms with E-state index in [1.54, 1.807) is 7.11 Å². The number of anilines is 1. The van der Waals surface area contributed by atoms with Gasteiger partial charge in [0, 0.05) is 7.11 Å². The van der Waals surface area contributed by atoms with E-state index in [0.717, 1.165) is 17.2 Å². The van der Waals surface area contributed by atoms with Crippen LogP contribution in [0.15, 0.2) is 11.0 Å². The normalized spacial score (nSPS) is 21.9. The van der Waals surface area contributed by atoms with Crippen molar-refractivity contribution in [3.8, 4) is 0 Å². The molecule has 0 unspecified atom stereocenters. The zero-order valence-corrected chi connectivity index (χ0v) is 11.4. The molecule has 0 saturated carbocycles. The van der Waals surface area contributed by atoms with Crippen LogP contribution in [0, 0.1) is 5.82 Å². The third kappa shape index (κ3) is 3.74. The molecule has 1 aliphatic heterocycles. The number of hydrogen-bond donors (Lipinski definition) is 1. The molecule has 1 aromatic heterocycles. The van der Waals surface area contributed by atoms with E-state index in [1.165, 1.54) is 0 Å². The first-order valence-corrected chi connectivity index (χ1v) is 6.30. The second-order valence-electron chi connectivity index (χ2n) is 3.91. The molecule has 2 rings (SSSR count). The van der Waals surface area contributed by atoms with Crippen molar-refractivity contribution in [2.75, 3.05) is 19.5 Å². The summed E-state index contributed by atoms with van der Waals surface area (Å²) in [6.45, 7) is 4.45. The van der Waals surface area contributed by atoms with E-state index in [2.05, 4.69) is 4.98 Å². The Labute approximate surface area is 111 Å². The Morgan fingerprint density at radius 2 is 2.26 bits per heavy atom. The molecular formula is C12H20FN3O3. The van der Waals surface area contributed by atoms with Gasteiger partial charge in [-0.3, -0.25) is 4.57 Å². The van der Waals surface area contributed by atoms with Crippen molar-refractivity contribution >= 4 is 5.82 Å². The molecule has 0 amide bonds. The number of methoxy groups -OCH3 is 1. The van der Waals surface area contributed by atoms with Crippen molar-refractivity contribution < 1.29 is 13.9 Å². The van der Waals surface area contributed by atoms with Crippen molar-refractivity contribution in [3.05, 3.63) is 22.5 Å². The van der Waals surface area contributed by atoms with Gasteiger partial charge in [-0.25, -0.2) is 9.18 Å². The minimum Gasteiger partial charge on any atom is -0.382 e. The van der Waals surface area contributed by atoms with Gasteiger partial charge in [0.1, 0.15) is 6.23 Å². The maximum atomic E-state index is 13.2. The van der Waals surface area contributed by atoms with Gasteiger partial charge in [-0.1, -0.05) is 13.8 Å². The summed E-state index contributed by atoms with van der Waals surface area (Å²) in [7, 11) is 1.58. The average molecular weight is 273 g/mol. The molecule has 2 atom stereocenters. The Hall–Kier alpha value is -1.47. The van der Waals surface area contributed by atoms with Crippen molar-refractivity contribution in [2.45, 2.75) is 39.0 Å². The molecule has 2 N–H and O–H groups in total. The van der Waals surface area contributed by atoms with Crippen LogP contribution >= 0.6 is 0 Å². The number of ether oxygens (including phenoxy) is 2. The van der Waals surface area contributed by atoms with Crippen LogP contribution in [0.1, 0.15) is 32.9 Å². The highest BCUT2D eigenvalue weighted by Gasteiger charge is 2.27. The Morgan fingerprint density at radius 1 is 1.58 bits per heavy atom. The molecule has 7 heteroatoms. The van der Waals surface area contributed by atoms with Crippen LogP contribution in [0.2, 0.25) is 0 Å². The number of aromatic nitrogens is 2. The Kier molecular flexibility index (Phi) is 5.91. The van der Waals surface area contributed by atoms with Crippen molar-refractivity contribution in [1.82, 2.24) is 9.55 Å². The smallest absolute Gasteiger partial charge is 0.351 e. The molecule has 1 fully saturated rings. The van der Waals surface area contributed by atoms with E-state index in [0.29, 0.717) is 13.0 Å². The zero-order chi connectivity index (χ0) is 14.4. The third-order valence-corrected chi connectivity index (χ3v) is 2.68. The Morgan fingerprint density at radius 3 is 2.89 bits per heavy atom. The number of rotatable bonds is 3. The summed E-state index contributed by atoms with van der Waals surface area (Å²) in [4.78, 5) is 14.9. The van der Waals surface area contributed by atoms with E-state index in [-0.39, 0.29) is 6.10 Å². The van der Waals surface area contributed by atoms with Gasteiger partial charge in [-0.15, -0.1) is 0 Å². The summed E-state index contributed by atoms with van der Waals surface area (Å²) in [5.41, 5.74) is 4.60. The largest absolute Gasteiger partial charge is 0.382 e. The van der Waals surface area contributed by atoms with Gasteiger partial charge in [-0.05, 0) is 12.8 Å². The van der Waals surface area contributed by atoms with E-state index in [1.807, 2.05) is 13.8 Å². The van der Waals surface area contributed by atoms with Crippen molar-refractivity contribution in [3.63, 3.8) is 0 Å². The Bertz CT molecular complexity index is 464. The third-order valence-electron chi connectivity index (χ3n) is 2.68. The number of nitrogens with zero attached hydrogens (tertiary/aromatic N) is 2. The van der Waals surface area contributed by atoms with Gasteiger partial charge < -0.3 is 15.2 Å². The molecule has 0 aliphatic carbocycles. The summed E-state index contributed by atoms with van der Waals surface area (Å²) in [6.07, 6.45) is 1.85. The summed E-state index contributed by atoms with van der Waals surface area (Å²) < 4.78 is 24.9. The quantitative estimate of drug-likeness (QED) is 0.898. The first-order chi connectivity index (χ1) is 9.11. The maximum absolute atomic E-state index is 13.2. The van der Waals surface area contributed by atoms with Crippen LogP contribution < -0.4 is 11.4 Å². The lowest BCUT2D eigenvalue weighted by Crippen LogP contribution is -2.29. The lowest BCUT2D eigenvalue weighted by molar-refractivity contribution is -0.0338. The molecular weight excluding hydrogens is 253 g/mol. The van der Waals surface area contributed by atoms with Crippen LogP contribution in [0.5, 0.6) is 0 Å². The molecule has 2 heterocycles. The molecule has 0 bridgehead atoms. The van der Waals surface area contributed by atoms with Crippen LogP contribution in [0.25, 0.3) is 0 Å². The van der Waals surface area contributed by atoms with Gasteiger partial charge >= 0.3 is 5.69 Å². The van der Waals surface area contributed by atoms with Crippen molar-refractivity contribution in [1.29, 1.82) is 0 Å². The molecule has 0 aromatic carbocycles. The number of halogens is 1. The first-order valence-electron chi connectivity index (χ1n) is 6.30. The highest BCUT2D eigenvalue weighted by Crippen LogP contribution is 2.27. The highest BCUT2D eigenvalue weighted by atomic mass is 19.1. The van der Waals surface area contributed by atoms with E-state index in [4.69, 9.17) is 15.2 Å². The predicted molar refractivity (Wildman–Crippen MR) is 69.2 cm³/mol. The summed E-state index contributed by atoms with van der Waals surface area (Å²) in [5, 5.41) is 0. The van der Waals surface area contributed by atoms with E-state index < -0.39 is 23.6 Å². The van der Waals surface area contributed by atoms with Gasteiger partial charge in [0.15, 0.2) is 11.6 Å². The molecule has 1 aromatic rings. The second kappa shape index (κ2) is 7.20. The van der Waals surface area contributed by atoms with Crippen molar-refractivity contribution in [2.24, 2.45) is 0 Å². The fourth-order valence-corrected chi connectivity index (χ4v) is 1.86. The molecule has 19 heavy (non-hydrogen) atoms. The molecule has 108 valence electrons. The minimum atomic E-state index is -0.719. The fraction of sp³-hybridized carbons (Fsp3) is 0.667. The zero-order valence-electron chi connectivity index (χ0n) is 11.4. The Balaban J connectivity index is 0.000000861. The molecule has 1 aliphatic rings. The van der Waals surface area contributed by atoms with Gasteiger partial charge in [0.2, 0.25) is 0 Å². The van der Waals surface area contributed by atoms with E-state index in [9.17, 15) is 9.18 Å². The first kappa shape index (κ1) is 15.6. The standard InChI is InChI=1S/C10H14FN3O3.C2H6/c1-16-5-6-2-3-8(17-6)14-4-7(11)9(12)13-10(14)15;1-2/h4,6,8H,2-3,5H2,1H3,(H2,12,13,15);1-2H3/t6-,8+;/m1./s1. The lowest BCUT2D eigenvalue weighted by Gasteiger charge is -2.15. The summed E-state index contributed by atoms with van der Waals surface area (Å²) in [6, 6.07) is 0. The maximum Gasteiger partial charge on any atom is 0.351 e. The summed E-state index contributed by atoms with van der Waals surface area (Å²) >= 11 is 0. The molecule has 0 spiro atoms. The van der Waals surface area contributed by atoms with Gasteiger partial charge in [0.25, 0.3) is 0 Å². The number of nitrogen functional groups attached to an aromatic ring is 1. The fourth-order valence-electron chi connectivity index (χ4n) is 1.86. The molecule has 1 saturated heterocycles. The molecule has 6 nitrogen and oxygen atoms in total. The van der Waals surface area contributed by atoms with E-state index >= 15 is 0 Å². The highest BCUT2D eigenvalue weighted by molar-refractivity contribution is 5.26. The monoisotopic (exact) mass is 273 g/mol. The average Bonchev–Trinajstić information content (AvgIpc) is 2.85. The van der Waals surface area contributed by atoms with Gasteiger partial charge in [0.05, 0.1) is 18.9 Å².